The number of carbonyl (C=O) groups excluding carboxylic acids is 1. The molecule has 2 aliphatic rings. The van der Waals surface area contributed by atoms with Crippen LogP contribution in [0.25, 0.3) is 11.0 Å². The number of carbonyl (C=O) groups is 1. The molecule has 3 aromatic rings. The van der Waals surface area contributed by atoms with Gasteiger partial charge in [-0.25, -0.2) is 4.98 Å². The van der Waals surface area contributed by atoms with E-state index in [0.29, 0.717) is 25.0 Å². The van der Waals surface area contributed by atoms with E-state index in [-0.39, 0.29) is 11.3 Å². The van der Waals surface area contributed by atoms with E-state index in [0.717, 1.165) is 55.0 Å². The van der Waals surface area contributed by atoms with Gasteiger partial charge in [0, 0.05) is 31.5 Å². The summed E-state index contributed by atoms with van der Waals surface area (Å²) < 4.78 is 8.40. The van der Waals surface area contributed by atoms with Gasteiger partial charge in [0.15, 0.2) is 0 Å². The number of likely N-dealkylation sites (tertiary alicyclic amines) is 1. The number of rotatable bonds is 7. The first-order valence-corrected chi connectivity index (χ1v) is 13.4. The van der Waals surface area contributed by atoms with Crippen molar-refractivity contribution >= 4 is 16.9 Å². The number of ether oxygens (including phenoxy) is 1. The molecule has 1 amide bonds. The van der Waals surface area contributed by atoms with Gasteiger partial charge in [-0.05, 0) is 54.5 Å². The summed E-state index contributed by atoms with van der Waals surface area (Å²) in [6.07, 6.45) is 7.58. The Bertz CT molecular complexity index is 1150. The molecular weight excluding hydrogens is 434 g/mol. The van der Waals surface area contributed by atoms with Crippen LogP contribution in [-0.4, -0.2) is 39.6 Å². The predicted octanol–water partition coefficient (Wildman–Crippen LogP) is 6.45. The number of hydrogen-bond donors (Lipinski definition) is 0. The molecule has 0 radical (unpaired) electrons. The number of aromatic nitrogens is 2. The zero-order valence-corrected chi connectivity index (χ0v) is 21.5. The number of aryl methyl sites for hydroxylation is 1. The Balaban J connectivity index is 1.26. The number of imidazole rings is 1. The fourth-order valence-electron chi connectivity index (χ4n) is 5.75. The average Bonchev–Trinajstić information content (AvgIpc) is 3.42. The van der Waals surface area contributed by atoms with Crippen molar-refractivity contribution in [2.75, 3.05) is 13.2 Å². The van der Waals surface area contributed by atoms with Crippen LogP contribution in [-0.2, 0) is 16.8 Å². The molecule has 0 spiro atoms. The second-order valence-corrected chi connectivity index (χ2v) is 11.3. The van der Waals surface area contributed by atoms with Crippen molar-refractivity contribution < 1.29 is 9.53 Å². The van der Waals surface area contributed by atoms with E-state index in [1.54, 1.807) is 0 Å². The van der Waals surface area contributed by atoms with Gasteiger partial charge in [-0.2, -0.15) is 0 Å². The lowest BCUT2D eigenvalue weighted by Gasteiger charge is -2.31. The van der Waals surface area contributed by atoms with E-state index in [1.807, 2.05) is 6.07 Å². The molecule has 0 N–H and O–H groups in total. The smallest absolute Gasteiger partial charge is 0.223 e. The van der Waals surface area contributed by atoms with Crippen LogP contribution in [0.4, 0.5) is 0 Å². The molecule has 2 aromatic carbocycles. The Kier molecular flexibility index (Phi) is 6.86. The van der Waals surface area contributed by atoms with Crippen LogP contribution in [0.2, 0.25) is 0 Å². The Labute approximate surface area is 209 Å². The molecule has 186 valence electrons. The SMILES string of the molecule is CC(C)(C)c1ccc(OCCCn2c(C3CC(=O)N(C4CCCCC4)C3)nc3ccccc32)cc1. The van der Waals surface area contributed by atoms with E-state index < -0.39 is 0 Å². The number of amides is 1. The lowest BCUT2D eigenvalue weighted by Crippen LogP contribution is -2.37. The highest BCUT2D eigenvalue weighted by molar-refractivity contribution is 5.81. The van der Waals surface area contributed by atoms with Crippen molar-refractivity contribution in [3.8, 4) is 5.75 Å². The normalized spacial score (nSPS) is 19.6. The minimum atomic E-state index is 0.144. The van der Waals surface area contributed by atoms with Crippen LogP contribution in [0.15, 0.2) is 48.5 Å². The van der Waals surface area contributed by atoms with Gasteiger partial charge in [0.25, 0.3) is 0 Å². The first-order valence-electron chi connectivity index (χ1n) is 13.4. The van der Waals surface area contributed by atoms with Gasteiger partial charge < -0.3 is 14.2 Å². The molecule has 2 heterocycles. The third-order valence-corrected chi connectivity index (χ3v) is 7.74. The number of hydrogen-bond acceptors (Lipinski definition) is 3. The number of para-hydroxylation sites is 2. The van der Waals surface area contributed by atoms with Crippen molar-refractivity contribution in [1.82, 2.24) is 14.5 Å². The van der Waals surface area contributed by atoms with Gasteiger partial charge in [0.2, 0.25) is 5.91 Å². The van der Waals surface area contributed by atoms with Gasteiger partial charge in [-0.1, -0.05) is 64.3 Å². The Hall–Kier alpha value is -2.82. The summed E-state index contributed by atoms with van der Waals surface area (Å²) in [5, 5.41) is 0. The molecule has 5 nitrogen and oxygen atoms in total. The molecule has 1 unspecified atom stereocenters. The molecular formula is C30H39N3O2. The summed E-state index contributed by atoms with van der Waals surface area (Å²) in [4.78, 5) is 20.1. The lowest BCUT2D eigenvalue weighted by molar-refractivity contribution is -0.130. The van der Waals surface area contributed by atoms with E-state index in [2.05, 4.69) is 72.7 Å². The van der Waals surface area contributed by atoms with Crippen molar-refractivity contribution in [2.24, 2.45) is 0 Å². The zero-order chi connectivity index (χ0) is 24.4. The maximum atomic E-state index is 13.0. The maximum Gasteiger partial charge on any atom is 0.223 e. The quantitative estimate of drug-likeness (QED) is 0.370. The van der Waals surface area contributed by atoms with Crippen LogP contribution in [0.3, 0.4) is 0 Å². The monoisotopic (exact) mass is 473 g/mol. The van der Waals surface area contributed by atoms with Crippen molar-refractivity contribution in [3.63, 3.8) is 0 Å². The molecule has 1 saturated heterocycles. The molecule has 1 aliphatic carbocycles. The van der Waals surface area contributed by atoms with Gasteiger partial charge in [0.1, 0.15) is 11.6 Å². The third-order valence-electron chi connectivity index (χ3n) is 7.74. The summed E-state index contributed by atoms with van der Waals surface area (Å²) in [6, 6.07) is 17.2. The van der Waals surface area contributed by atoms with Gasteiger partial charge in [-0.15, -0.1) is 0 Å². The number of nitrogens with zero attached hydrogens (tertiary/aromatic N) is 3. The summed E-state index contributed by atoms with van der Waals surface area (Å²) in [7, 11) is 0. The first-order chi connectivity index (χ1) is 16.9. The Morgan fingerprint density at radius 2 is 1.74 bits per heavy atom. The molecule has 5 rings (SSSR count). The third kappa shape index (κ3) is 5.24. The average molecular weight is 474 g/mol. The minimum Gasteiger partial charge on any atom is -0.494 e. The first kappa shape index (κ1) is 23.9. The topological polar surface area (TPSA) is 47.4 Å². The van der Waals surface area contributed by atoms with Crippen LogP contribution in [0, 0.1) is 0 Å². The molecule has 1 atom stereocenters. The van der Waals surface area contributed by atoms with Crippen molar-refractivity contribution in [2.45, 2.75) is 89.6 Å². The predicted molar refractivity (Wildman–Crippen MR) is 141 cm³/mol. The van der Waals surface area contributed by atoms with Crippen molar-refractivity contribution in [1.29, 1.82) is 0 Å². The van der Waals surface area contributed by atoms with E-state index in [1.165, 1.54) is 24.8 Å². The molecule has 1 aromatic heterocycles. The summed E-state index contributed by atoms with van der Waals surface area (Å²) >= 11 is 0. The second kappa shape index (κ2) is 10.0. The summed E-state index contributed by atoms with van der Waals surface area (Å²) in [6.45, 7) is 8.97. The maximum absolute atomic E-state index is 13.0. The highest BCUT2D eigenvalue weighted by Crippen LogP contribution is 2.34. The second-order valence-electron chi connectivity index (χ2n) is 11.3. The lowest BCUT2D eigenvalue weighted by atomic mass is 9.87. The minimum absolute atomic E-state index is 0.144. The molecule has 1 aliphatic heterocycles. The fourth-order valence-corrected chi connectivity index (χ4v) is 5.75. The van der Waals surface area contributed by atoms with Crippen molar-refractivity contribution in [3.05, 3.63) is 59.9 Å². The summed E-state index contributed by atoms with van der Waals surface area (Å²) in [5.74, 6) is 2.45. The summed E-state index contributed by atoms with van der Waals surface area (Å²) in [5.41, 5.74) is 3.63. The highest BCUT2D eigenvalue weighted by Gasteiger charge is 2.37. The number of fused-ring (bicyclic) bond motifs is 1. The molecule has 35 heavy (non-hydrogen) atoms. The molecule has 5 heteroatoms. The largest absolute Gasteiger partial charge is 0.494 e. The van der Waals surface area contributed by atoms with Crippen LogP contribution in [0.5, 0.6) is 5.75 Å². The van der Waals surface area contributed by atoms with Crippen LogP contribution < -0.4 is 4.74 Å². The molecule has 1 saturated carbocycles. The van der Waals surface area contributed by atoms with Crippen LogP contribution in [0.1, 0.15) is 83.0 Å². The highest BCUT2D eigenvalue weighted by atomic mass is 16.5. The molecule has 2 fully saturated rings. The van der Waals surface area contributed by atoms with Gasteiger partial charge in [-0.3, -0.25) is 4.79 Å². The Morgan fingerprint density at radius 1 is 1.00 bits per heavy atom. The standard InChI is InChI=1S/C30H39N3O2/c1-30(2,3)23-14-16-25(17-15-23)35-19-9-18-32-27-13-8-7-12-26(27)31-29(32)22-20-28(34)33(21-22)24-10-5-4-6-11-24/h7-8,12-17,22,24H,4-6,9-11,18-21H2,1-3H3. The molecule has 0 bridgehead atoms. The van der Waals surface area contributed by atoms with E-state index >= 15 is 0 Å². The van der Waals surface area contributed by atoms with Gasteiger partial charge in [0.05, 0.1) is 17.6 Å². The van der Waals surface area contributed by atoms with E-state index in [4.69, 9.17) is 9.72 Å². The number of benzene rings is 2. The Morgan fingerprint density at radius 3 is 2.49 bits per heavy atom. The van der Waals surface area contributed by atoms with Crippen LogP contribution >= 0.6 is 0 Å². The van der Waals surface area contributed by atoms with E-state index in [9.17, 15) is 4.79 Å². The fraction of sp³-hybridized carbons (Fsp3) is 0.533. The van der Waals surface area contributed by atoms with Gasteiger partial charge >= 0.3 is 0 Å². The zero-order valence-electron chi connectivity index (χ0n) is 21.5.